The Morgan fingerprint density at radius 1 is 0.923 bits per heavy atom. The van der Waals surface area contributed by atoms with Crippen LogP contribution in [0.2, 0.25) is 0 Å². The Morgan fingerprint density at radius 3 is 2.28 bits per heavy atom. The number of pyridine rings is 2. The fourth-order valence-electron chi connectivity index (χ4n) is 4.35. The summed E-state index contributed by atoms with van der Waals surface area (Å²) in [7, 11) is -3.40. The van der Waals surface area contributed by atoms with E-state index >= 15 is 0 Å². The smallest absolute Gasteiger partial charge is 0.181 e. The second-order valence-corrected chi connectivity index (χ2v) is 14.2. The first-order valence-corrected chi connectivity index (χ1v) is 15.1. The Bertz CT molecular complexity index is 1800. The molecule has 0 aliphatic carbocycles. The number of thiazole rings is 1. The van der Waals surface area contributed by atoms with E-state index in [2.05, 4.69) is 4.98 Å². The first-order chi connectivity index (χ1) is 18.3. The third kappa shape index (κ3) is 5.05. The molecule has 0 atom stereocenters. The lowest BCUT2D eigenvalue weighted by Crippen LogP contribution is -2.28. The molecule has 0 radical (unpaired) electrons. The van der Waals surface area contributed by atoms with Crippen LogP contribution in [-0.2, 0) is 20.2 Å². The average Bonchev–Trinajstić information content (AvgIpc) is 3.34. The maximum atomic E-state index is 12.7. The number of hydrogen-bond donors (Lipinski definition) is 1. The first-order valence-electron chi connectivity index (χ1n) is 12.4. The molecule has 0 bridgehead atoms. The van der Waals surface area contributed by atoms with E-state index in [4.69, 9.17) is 4.98 Å². The number of benzene rings is 2. The van der Waals surface area contributed by atoms with Crippen molar-refractivity contribution in [3.63, 3.8) is 0 Å². The number of hydrogen-bond acceptors (Lipinski definition) is 7. The molecule has 0 amide bonds. The minimum Gasteiger partial charge on any atom is -0.619 e. The Morgan fingerprint density at radius 2 is 1.62 bits per heavy atom. The Kier molecular flexibility index (Phi) is 6.57. The third-order valence-electron chi connectivity index (χ3n) is 6.99. The molecule has 0 fully saturated rings. The Balaban J connectivity index is 1.73. The van der Waals surface area contributed by atoms with Gasteiger partial charge in [-0.1, -0.05) is 24.3 Å². The molecular weight excluding hydrogens is 530 g/mol. The first kappa shape index (κ1) is 26.9. The van der Waals surface area contributed by atoms with E-state index in [-0.39, 0.29) is 0 Å². The molecule has 0 saturated carbocycles. The van der Waals surface area contributed by atoms with Gasteiger partial charge in [0.25, 0.3) is 0 Å². The van der Waals surface area contributed by atoms with Gasteiger partial charge in [-0.3, -0.25) is 4.98 Å². The Hall–Kier alpha value is -3.66. The summed E-state index contributed by atoms with van der Waals surface area (Å²) in [6, 6.07) is 18.9. The highest BCUT2D eigenvalue weighted by atomic mass is 32.2. The van der Waals surface area contributed by atoms with Crippen molar-refractivity contribution < 1.29 is 18.3 Å². The molecule has 9 heteroatoms. The maximum absolute atomic E-state index is 12.7. The summed E-state index contributed by atoms with van der Waals surface area (Å²) in [4.78, 5) is 10.2. The average molecular weight is 560 g/mol. The number of nitrogens with zero attached hydrogens (tertiary/aromatic N) is 3. The SMILES string of the molecule is CC(C)(O)c1nc(-c2cc[n+]([O-])cc2)c(-c2cccc(-c3cc(C(C)(C)S(C)(=O)=O)cc4cccnc34)c2)s1. The summed E-state index contributed by atoms with van der Waals surface area (Å²) in [6.07, 6.45) is 5.83. The molecule has 7 nitrogen and oxygen atoms in total. The van der Waals surface area contributed by atoms with E-state index in [9.17, 15) is 18.7 Å². The zero-order chi connectivity index (χ0) is 28.2. The van der Waals surface area contributed by atoms with Crippen LogP contribution >= 0.6 is 11.3 Å². The molecule has 2 aromatic carbocycles. The number of rotatable bonds is 6. The highest BCUT2D eigenvalue weighted by Crippen LogP contribution is 2.42. The van der Waals surface area contributed by atoms with Gasteiger partial charge in [-0.25, -0.2) is 13.4 Å². The van der Waals surface area contributed by atoms with E-state index in [0.29, 0.717) is 16.3 Å². The molecule has 0 spiro atoms. The van der Waals surface area contributed by atoms with E-state index in [1.54, 1.807) is 46.0 Å². The van der Waals surface area contributed by atoms with Crippen LogP contribution in [0.25, 0.3) is 43.7 Å². The van der Waals surface area contributed by atoms with Crippen molar-refractivity contribution in [1.29, 1.82) is 0 Å². The standard InChI is InChI=1S/C30H29N3O4S2/c1-29(2,34)28-32-26(19-11-14-33(35)15-12-19)27(38-28)22-9-6-8-20(16-22)24-18-23(30(3,4)39(5,36)37)17-21-10-7-13-31-25(21)24/h6-18,34H,1-5H3. The molecule has 1 N–H and O–H groups in total. The van der Waals surface area contributed by atoms with Gasteiger partial charge in [0.15, 0.2) is 22.2 Å². The lowest BCUT2D eigenvalue weighted by Gasteiger charge is -2.24. The normalized spacial score (nSPS) is 12.7. The van der Waals surface area contributed by atoms with Crippen LogP contribution in [0.5, 0.6) is 0 Å². The van der Waals surface area contributed by atoms with Gasteiger partial charge in [0, 0.05) is 41.1 Å². The van der Waals surface area contributed by atoms with Crippen molar-refractivity contribution in [2.24, 2.45) is 0 Å². The van der Waals surface area contributed by atoms with E-state index in [0.717, 1.165) is 42.8 Å². The van der Waals surface area contributed by atoms with Crippen molar-refractivity contribution in [1.82, 2.24) is 9.97 Å². The maximum Gasteiger partial charge on any atom is 0.181 e. The predicted molar refractivity (Wildman–Crippen MR) is 156 cm³/mol. The van der Waals surface area contributed by atoms with Gasteiger partial charge >= 0.3 is 0 Å². The molecule has 200 valence electrons. The molecule has 0 unspecified atom stereocenters. The lowest BCUT2D eigenvalue weighted by molar-refractivity contribution is -0.605. The summed E-state index contributed by atoms with van der Waals surface area (Å²) in [5, 5.41) is 23.8. The van der Waals surface area contributed by atoms with Crippen molar-refractivity contribution in [2.75, 3.05) is 6.26 Å². The van der Waals surface area contributed by atoms with Gasteiger partial charge in [0.05, 0.1) is 20.8 Å². The molecule has 39 heavy (non-hydrogen) atoms. The van der Waals surface area contributed by atoms with Crippen LogP contribution in [0.15, 0.2) is 79.3 Å². The summed E-state index contributed by atoms with van der Waals surface area (Å²) in [5.41, 5.74) is 4.32. The van der Waals surface area contributed by atoms with Crippen LogP contribution in [-0.4, -0.2) is 29.7 Å². The van der Waals surface area contributed by atoms with Crippen molar-refractivity contribution >= 4 is 32.1 Å². The Labute approximate surface area is 232 Å². The van der Waals surface area contributed by atoms with Gasteiger partial charge in [0.1, 0.15) is 10.6 Å². The van der Waals surface area contributed by atoms with Gasteiger partial charge < -0.3 is 10.3 Å². The molecule has 0 aliphatic rings. The topological polar surface area (TPSA) is 107 Å². The van der Waals surface area contributed by atoms with Gasteiger partial charge in [0.2, 0.25) is 0 Å². The predicted octanol–water partition coefficient (Wildman–Crippen LogP) is 5.83. The summed E-state index contributed by atoms with van der Waals surface area (Å²) >= 11 is 1.40. The quantitative estimate of drug-likeness (QED) is 0.207. The van der Waals surface area contributed by atoms with Gasteiger partial charge in [-0.2, -0.15) is 4.73 Å². The fraction of sp³-hybridized carbons (Fsp3) is 0.233. The van der Waals surface area contributed by atoms with Gasteiger partial charge in [-0.05, 0) is 68.7 Å². The summed E-state index contributed by atoms with van der Waals surface area (Å²) in [5.74, 6) is 0. The number of aliphatic hydroxyl groups is 1. The molecule has 0 aliphatic heterocycles. The van der Waals surface area contributed by atoms with Crippen LogP contribution in [0.4, 0.5) is 0 Å². The van der Waals surface area contributed by atoms with Crippen LogP contribution in [0.1, 0.15) is 38.3 Å². The fourth-order valence-corrected chi connectivity index (χ4v) is 5.98. The molecule has 5 rings (SSSR count). The monoisotopic (exact) mass is 559 g/mol. The molecule has 5 aromatic rings. The van der Waals surface area contributed by atoms with Crippen molar-refractivity contribution in [2.45, 2.75) is 38.0 Å². The van der Waals surface area contributed by atoms with E-state index in [1.807, 2.05) is 48.5 Å². The highest BCUT2D eigenvalue weighted by molar-refractivity contribution is 7.91. The largest absolute Gasteiger partial charge is 0.619 e. The number of sulfone groups is 1. The van der Waals surface area contributed by atoms with Gasteiger partial charge in [-0.15, -0.1) is 11.3 Å². The van der Waals surface area contributed by atoms with E-state index < -0.39 is 20.2 Å². The van der Waals surface area contributed by atoms with E-state index in [1.165, 1.54) is 30.0 Å². The molecule has 3 heterocycles. The number of aromatic nitrogens is 3. The summed E-state index contributed by atoms with van der Waals surface area (Å²) in [6.45, 7) is 6.82. The highest BCUT2D eigenvalue weighted by Gasteiger charge is 2.33. The molecule has 0 saturated heterocycles. The van der Waals surface area contributed by atoms with Crippen LogP contribution in [0, 0.1) is 5.21 Å². The third-order valence-corrected chi connectivity index (χ3v) is 10.5. The zero-order valence-corrected chi connectivity index (χ0v) is 24.0. The number of fused-ring (bicyclic) bond motifs is 1. The lowest BCUT2D eigenvalue weighted by atomic mass is 9.92. The zero-order valence-electron chi connectivity index (χ0n) is 22.3. The second kappa shape index (κ2) is 9.51. The minimum atomic E-state index is -3.40. The van der Waals surface area contributed by atoms with Crippen molar-refractivity contribution in [3.05, 3.63) is 95.0 Å². The minimum absolute atomic E-state index is 0.556. The summed E-state index contributed by atoms with van der Waals surface area (Å²) < 4.78 is 25.0. The van der Waals surface area contributed by atoms with Crippen molar-refractivity contribution in [3.8, 4) is 32.8 Å². The molecular formula is C30H29N3O4S2. The van der Waals surface area contributed by atoms with Crippen LogP contribution < -0.4 is 4.73 Å². The second-order valence-electron chi connectivity index (χ2n) is 10.7. The van der Waals surface area contributed by atoms with Crippen LogP contribution in [0.3, 0.4) is 0 Å². The molecule has 3 aromatic heterocycles.